The van der Waals surface area contributed by atoms with Gasteiger partial charge in [-0.15, -0.1) is 0 Å². The quantitative estimate of drug-likeness (QED) is 0.550. The zero-order chi connectivity index (χ0) is 15.1. The molecule has 1 unspecified atom stereocenters. The Kier molecular flexibility index (Phi) is 3.58. The molecule has 0 aromatic carbocycles. The first-order valence-electron chi connectivity index (χ1n) is 7.88. The lowest BCUT2D eigenvalue weighted by Gasteiger charge is -2.34. The molecule has 1 amide bonds. The molecule has 2 aliphatic carbocycles. The van der Waals surface area contributed by atoms with Crippen molar-refractivity contribution in [2.75, 3.05) is 6.79 Å². The maximum Gasteiger partial charge on any atom is 0.262 e. The number of hydrogen-bond acceptors (Lipinski definition) is 4. The molecule has 0 aromatic rings. The molecule has 0 N–H and O–H groups in total. The second-order valence-corrected chi connectivity index (χ2v) is 6.44. The number of aliphatic imine (C=N–C) groups is 1. The van der Waals surface area contributed by atoms with E-state index in [2.05, 4.69) is 4.99 Å². The number of fused-ring (bicyclic) bond motifs is 2. The maximum atomic E-state index is 12.9. The molecule has 0 bridgehead atoms. The summed E-state index contributed by atoms with van der Waals surface area (Å²) < 4.78 is 10.8. The van der Waals surface area contributed by atoms with E-state index in [0.29, 0.717) is 22.2 Å². The highest BCUT2D eigenvalue weighted by Crippen LogP contribution is 2.31. The summed E-state index contributed by atoms with van der Waals surface area (Å²) in [6, 6.07) is 0.180. The van der Waals surface area contributed by atoms with Crippen LogP contribution in [-0.4, -0.2) is 40.6 Å². The first-order chi connectivity index (χ1) is 10.7. The molecule has 1 atom stereocenters. The van der Waals surface area contributed by atoms with Gasteiger partial charge in [0.25, 0.3) is 5.91 Å². The highest BCUT2D eigenvalue weighted by molar-refractivity contribution is 7.80. The zero-order valence-corrected chi connectivity index (χ0v) is 13.1. The molecule has 6 heteroatoms. The molecular weight excluding hydrogens is 300 g/mol. The largest absolute Gasteiger partial charge is 0.469 e. The Labute approximate surface area is 134 Å². The average Bonchev–Trinajstić information content (AvgIpc) is 2.79. The van der Waals surface area contributed by atoms with Gasteiger partial charge in [-0.1, -0.05) is 25.7 Å². The number of hydrogen-bond donors (Lipinski definition) is 0. The number of carbonyl (C=O) groups is 1. The molecule has 0 aromatic heterocycles. The lowest BCUT2D eigenvalue weighted by Crippen LogP contribution is -2.48. The molecule has 0 spiro atoms. The van der Waals surface area contributed by atoms with Crippen LogP contribution >= 0.6 is 12.2 Å². The van der Waals surface area contributed by atoms with Gasteiger partial charge in [0.2, 0.25) is 5.11 Å². The fraction of sp³-hybridized carbons (Fsp3) is 0.562. The van der Waals surface area contributed by atoms with Crippen LogP contribution in [0.3, 0.4) is 0 Å². The molecule has 1 saturated carbocycles. The van der Waals surface area contributed by atoms with E-state index in [4.69, 9.17) is 21.7 Å². The van der Waals surface area contributed by atoms with Crippen molar-refractivity contribution in [3.8, 4) is 0 Å². The van der Waals surface area contributed by atoms with Gasteiger partial charge in [0.1, 0.15) is 11.9 Å². The van der Waals surface area contributed by atoms with Gasteiger partial charge in [-0.25, -0.2) is 4.99 Å². The van der Waals surface area contributed by atoms with E-state index < -0.39 is 0 Å². The summed E-state index contributed by atoms with van der Waals surface area (Å²) >= 11 is 5.41. The number of allylic oxidation sites excluding steroid dienone is 1. The molecule has 2 aliphatic heterocycles. The van der Waals surface area contributed by atoms with E-state index >= 15 is 0 Å². The average molecular weight is 318 g/mol. The van der Waals surface area contributed by atoms with Crippen molar-refractivity contribution in [1.82, 2.24) is 4.90 Å². The molecule has 116 valence electrons. The SMILES string of the molecule is O=C1C2=CC3OCOC3=CC2=NC(=S)N1C1CCCCCC1. The van der Waals surface area contributed by atoms with Gasteiger partial charge in [-0.2, -0.15) is 0 Å². The Bertz CT molecular complexity index is 615. The Balaban J connectivity index is 1.66. The van der Waals surface area contributed by atoms with Crippen LogP contribution in [0.15, 0.2) is 28.5 Å². The van der Waals surface area contributed by atoms with Gasteiger partial charge >= 0.3 is 0 Å². The minimum absolute atomic E-state index is 0.0345. The first kappa shape index (κ1) is 14.1. The number of ether oxygens (including phenoxy) is 2. The highest BCUT2D eigenvalue weighted by atomic mass is 32.1. The summed E-state index contributed by atoms with van der Waals surface area (Å²) in [6.07, 6.45) is 10.1. The third kappa shape index (κ3) is 2.30. The summed E-state index contributed by atoms with van der Waals surface area (Å²) in [5, 5.41) is 0.387. The molecule has 22 heavy (non-hydrogen) atoms. The molecular formula is C16H18N2O3S. The molecule has 4 aliphatic rings. The van der Waals surface area contributed by atoms with E-state index in [1.807, 2.05) is 6.08 Å². The lowest BCUT2D eigenvalue weighted by atomic mass is 9.96. The number of nitrogens with zero attached hydrogens (tertiary/aromatic N) is 2. The fourth-order valence-electron chi connectivity index (χ4n) is 3.53. The maximum absolute atomic E-state index is 12.9. The summed E-state index contributed by atoms with van der Waals surface area (Å²) in [6.45, 7) is 0.221. The smallest absolute Gasteiger partial charge is 0.262 e. The second-order valence-electron chi connectivity index (χ2n) is 6.08. The van der Waals surface area contributed by atoms with Gasteiger partial charge in [0.15, 0.2) is 6.79 Å². The number of carbonyl (C=O) groups excluding carboxylic acids is 1. The minimum Gasteiger partial charge on any atom is -0.469 e. The molecule has 5 nitrogen and oxygen atoms in total. The Morgan fingerprint density at radius 1 is 1.23 bits per heavy atom. The Hall–Kier alpha value is -1.53. The van der Waals surface area contributed by atoms with E-state index in [9.17, 15) is 4.79 Å². The molecule has 2 heterocycles. The normalized spacial score (nSPS) is 29.0. The summed E-state index contributed by atoms with van der Waals surface area (Å²) in [4.78, 5) is 19.1. The lowest BCUT2D eigenvalue weighted by molar-refractivity contribution is -0.124. The predicted molar refractivity (Wildman–Crippen MR) is 85.4 cm³/mol. The Morgan fingerprint density at radius 3 is 2.77 bits per heavy atom. The van der Waals surface area contributed by atoms with Crippen LogP contribution in [0.25, 0.3) is 0 Å². The third-order valence-electron chi connectivity index (χ3n) is 4.69. The summed E-state index contributed by atoms with van der Waals surface area (Å²) in [7, 11) is 0. The van der Waals surface area contributed by atoms with E-state index in [1.54, 1.807) is 11.0 Å². The Morgan fingerprint density at radius 2 is 2.00 bits per heavy atom. The van der Waals surface area contributed by atoms with Crippen LogP contribution in [0.2, 0.25) is 0 Å². The van der Waals surface area contributed by atoms with Crippen molar-refractivity contribution in [1.29, 1.82) is 0 Å². The molecule has 4 rings (SSSR count). The summed E-state index contributed by atoms with van der Waals surface area (Å²) in [5.41, 5.74) is 1.20. The van der Waals surface area contributed by atoms with Crippen LogP contribution in [0.1, 0.15) is 38.5 Å². The van der Waals surface area contributed by atoms with Crippen LogP contribution < -0.4 is 0 Å². The van der Waals surface area contributed by atoms with Gasteiger partial charge in [0, 0.05) is 12.1 Å². The van der Waals surface area contributed by atoms with E-state index in [1.165, 1.54) is 12.8 Å². The van der Waals surface area contributed by atoms with Gasteiger partial charge < -0.3 is 9.47 Å². The second kappa shape index (κ2) is 5.59. The van der Waals surface area contributed by atoms with E-state index in [0.717, 1.165) is 25.7 Å². The molecule has 1 saturated heterocycles. The van der Waals surface area contributed by atoms with Crippen LogP contribution in [0.5, 0.6) is 0 Å². The van der Waals surface area contributed by atoms with Crippen LogP contribution in [-0.2, 0) is 14.3 Å². The molecule has 2 fully saturated rings. The number of amides is 1. The van der Waals surface area contributed by atoms with E-state index in [-0.39, 0.29) is 24.8 Å². The monoisotopic (exact) mass is 318 g/mol. The van der Waals surface area contributed by atoms with Gasteiger partial charge in [-0.3, -0.25) is 9.69 Å². The van der Waals surface area contributed by atoms with Crippen LogP contribution in [0, 0.1) is 0 Å². The summed E-state index contributed by atoms with van der Waals surface area (Å²) in [5.74, 6) is 0.675. The van der Waals surface area contributed by atoms with Crippen LogP contribution in [0.4, 0.5) is 0 Å². The van der Waals surface area contributed by atoms with Crippen molar-refractivity contribution < 1.29 is 14.3 Å². The third-order valence-corrected chi connectivity index (χ3v) is 4.98. The molecule has 0 radical (unpaired) electrons. The van der Waals surface area contributed by atoms with Crippen molar-refractivity contribution in [3.05, 3.63) is 23.5 Å². The fourth-order valence-corrected chi connectivity index (χ4v) is 3.86. The van der Waals surface area contributed by atoms with Crippen molar-refractivity contribution in [3.63, 3.8) is 0 Å². The van der Waals surface area contributed by atoms with Crippen molar-refractivity contribution in [2.24, 2.45) is 4.99 Å². The minimum atomic E-state index is -0.263. The van der Waals surface area contributed by atoms with Gasteiger partial charge in [-0.05, 0) is 31.1 Å². The predicted octanol–water partition coefficient (Wildman–Crippen LogP) is 2.47. The zero-order valence-electron chi connectivity index (χ0n) is 12.3. The number of rotatable bonds is 1. The van der Waals surface area contributed by atoms with Crippen molar-refractivity contribution >= 4 is 28.9 Å². The highest BCUT2D eigenvalue weighted by Gasteiger charge is 2.39. The topological polar surface area (TPSA) is 51.1 Å². The number of thiocarbonyl (C=S) groups is 1. The van der Waals surface area contributed by atoms with Crippen molar-refractivity contribution in [2.45, 2.75) is 50.7 Å². The van der Waals surface area contributed by atoms with Gasteiger partial charge in [0.05, 0.1) is 11.3 Å². The standard InChI is InChI=1S/C16H18N2O3S/c19-15-11-7-13-14(21-9-20-13)8-12(11)17-16(22)18(15)10-5-3-1-2-4-6-10/h7-8,10,13H,1-6,9H2. The first-order valence-corrected chi connectivity index (χ1v) is 8.29.